The molecule has 8 heavy (non-hydrogen) atoms. The molecule has 1 saturated carbocycles. The van der Waals surface area contributed by atoms with E-state index in [1.807, 2.05) is 0 Å². The number of hydrogen-bond acceptors (Lipinski definition) is 1. The first-order valence-corrected chi connectivity index (χ1v) is 3.45. The zero-order valence-corrected chi connectivity index (χ0v) is 5.72. The van der Waals surface area contributed by atoms with E-state index in [1.54, 1.807) is 0 Å². The molecule has 1 aliphatic carbocycles. The van der Waals surface area contributed by atoms with Crippen LogP contribution in [-0.2, 0) is 0 Å². The van der Waals surface area contributed by atoms with Gasteiger partial charge < -0.3 is 5.73 Å². The Labute approximate surface area is 51.3 Å². The Morgan fingerprint density at radius 1 is 1.62 bits per heavy atom. The van der Waals surface area contributed by atoms with Crippen molar-refractivity contribution >= 4 is 0 Å². The van der Waals surface area contributed by atoms with Gasteiger partial charge in [0.1, 0.15) is 0 Å². The van der Waals surface area contributed by atoms with Crippen molar-refractivity contribution in [3.8, 4) is 0 Å². The molecule has 0 bridgehead atoms. The summed E-state index contributed by atoms with van der Waals surface area (Å²) in [6.07, 6.45) is 1.38. The molecule has 0 aliphatic heterocycles. The van der Waals surface area contributed by atoms with Crippen LogP contribution in [0.4, 0.5) is 0 Å². The lowest BCUT2D eigenvalue weighted by molar-refractivity contribution is 0.520. The minimum atomic E-state index is 0.864. The maximum atomic E-state index is 5.46. The molecule has 1 aliphatic rings. The second-order valence-electron chi connectivity index (χ2n) is 3.14. The fourth-order valence-electron chi connectivity index (χ4n) is 1.36. The Morgan fingerprint density at radius 3 is 2.38 bits per heavy atom. The highest BCUT2D eigenvalue weighted by atomic mass is 14.6. The molecule has 0 aromatic carbocycles. The third-order valence-corrected chi connectivity index (χ3v) is 2.14. The lowest BCUT2D eigenvalue weighted by atomic mass is 10.1. The van der Waals surface area contributed by atoms with E-state index in [9.17, 15) is 0 Å². The zero-order chi connectivity index (χ0) is 6.15. The number of hydrogen-bond donors (Lipinski definition) is 1. The summed E-state index contributed by atoms with van der Waals surface area (Å²) < 4.78 is 0. The Kier molecular flexibility index (Phi) is 1.57. The summed E-state index contributed by atoms with van der Waals surface area (Å²) in [5.41, 5.74) is 5.46. The smallest absolute Gasteiger partial charge is 0.00460 e. The molecule has 0 amide bonds. The third-order valence-electron chi connectivity index (χ3n) is 2.14. The maximum Gasteiger partial charge on any atom is -0.00460 e. The molecule has 1 rings (SSSR count). The molecule has 1 nitrogen and oxygen atoms in total. The van der Waals surface area contributed by atoms with E-state index < -0.39 is 0 Å². The van der Waals surface area contributed by atoms with Crippen LogP contribution in [0.25, 0.3) is 0 Å². The number of nitrogens with two attached hydrogens (primary N) is 1. The summed E-state index contributed by atoms with van der Waals surface area (Å²) in [4.78, 5) is 0. The van der Waals surface area contributed by atoms with E-state index in [1.165, 1.54) is 6.42 Å². The van der Waals surface area contributed by atoms with E-state index in [0.29, 0.717) is 0 Å². The van der Waals surface area contributed by atoms with Crippen molar-refractivity contribution in [2.45, 2.75) is 20.3 Å². The van der Waals surface area contributed by atoms with Gasteiger partial charge in [-0.3, -0.25) is 0 Å². The van der Waals surface area contributed by atoms with Crippen molar-refractivity contribution in [2.75, 3.05) is 6.54 Å². The predicted molar refractivity (Wildman–Crippen MR) is 35.5 cm³/mol. The minimum absolute atomic E-state index is 0.864. The zero-order valence-electron chi connectivity index (χ0n) is 5.72. The van der Waals surface area contributed by atoms with E-state index in [4.69, 9.17) is 5.73 Å². The van der Waals surface area contributed by atoms with Gasteiger partial charge >= 0.3 is 0 Å². The molecule has 2 atom stereocenters. The first kappa shape index (κ1) is 6.09. The highest BCUT2D eigenvalue weighted by molar-refractivity contribution is 4.88. The fourth-order valence-corrected chi connectivity index (χ4v) is 1.36. The normalized spacial score (nSPS) is 36.0. The van der Waals surface area contributed by atoms with E-state index >= 15 is 0 Å². The molecule has 0 saturated heterocycles. The Bertz CT molecular complexity index is 78.5. The van der Waals surface area contributed by atoms with Gasteiger partial charge in [-0.2, -0.15) is 0 Å². The monoisotopic (exact) mass is 113 g/mol. The Morgan fingerprint density at radius 2 is 2.25 bits per heavy atom. The van der Waals surface area contributed by atoms with Crippen molar-refractivity contribution in [3.63, 3.8) is 0 Å². The van der Waals surface area contributed by atoms with E-state index in [2.05, 4.69) is 13.8 Å². The van der Waals surface area contributed by atoms with Gasteiger partial charge in [0.25, 0.3) is 0 Å². The summed E-state index contributed by atoms with van der Waals surface area (Å²) in [5, 5.41) is 0. The van der Waals surface area contributed by atoms with Crippen LogP contribution in [0.5, 0.6) is 0 Å². The van der Waals surface area contributed by atoms with Gasteiger partial charge in [-0.1, -0.05) is 13.8 Å². The van der Waals surface area contributed by atoms with Crippen LogP contribution in [0.3, 0.4) is 0 Å². The predicted octanol–water partition coefficient (Wildman–Crippen LogP) is 1.24. The van der Waals surface area contributed by atoms with Crippen LogP contribution in [0.2, 0.25) is 0 Å². The first-order valence-electron chi connectivity index (χ1n) is 3.45. The summed E-state index contributed by atoms with van der Waals surface area (Å²) in [5.74, 6) is 2.69. The molecule has 0 heterocycles. The first-order chi connectivity index (χ1) is 3.75. The third kappa shape index (κ3) is 1.03. The SMILES string of the molecule is CC(C)[C@@H]1C[C@@H]1CN. The van der Waals surface area contributed by atoms with Gasteiger partial charge in [-0.25, -0.2) is 0 Å². The Balaban J connectivity index is 2.16. The average molecular weight is 113 g/mol. The average Bonchev–Trinajstić information content (AvgIpc) is 2.42. The Hall–Kier alpha value is -0.0400. The molecule has 0 radical (unpaired) electrons. The molecule has 1 fully saturated rings. The number of rotatable bonds is 2. The molecular formula is C7H15N. The highest BCUT2D eigenvalue weighted by Crippen LogP contribution is 2.42. The van der Waals surface area contributed by atoms with Crippen LogP contribution in [0.1, 0.15) is 20.3 Å². The van der Waals surface area contributed by atoms with Gasteiger partial charge in [-0.05, 0) is 30.7 Å². The van der Waals surface area contributed by atoms with E-state index in [-0.39, 0.29) is 0 Å². The summed E-state index contributed by atoms with van der Waals surface area (Å²) >= 11 is 0. The lowest BCUT2D eigenvalue weighted by Crippen LogP contribution is -2.04. The van der Waals surface area contributed by atoms with Gasteiger partial charge in [0, 0.05) is 0 Å². The molecule has 1 heteroatoms. The topological polar surface area (TPSA) is 26.0 Å². The van der Waals surface area contributed by atoms with Crippen LogP contribution >= 0.6 is 0 Å². The van der Waals surface area contributed by atoms with Gasteiger partial charge in [0.15, 0.2) is 0 Å². The summed E-state index contributed by atoms with van der Waals surface area (Å²) in [6, 6.07) is 0. The summed E-state index contributed by atoms with van der Waals surface area (Å²) in [7, 11) is 0. The molecule has 0 spiro atoms. The molecular weight excluding hydrogens is 98.1 g/mol. The van der Waals surface area contributed by atoms with Crippen molar-refractivity contribution in [2.24, 2.45) is 23.5 Å². The van der Waals surface area contributed by atoms with Crippen LogP contribution in [-0.4, -0.2) is 6.54 Å². The summed E-state index contributed by atoms with van der Waals surface area (Å²) in [6.45, 7) is 5.46. The van der Waals surface area contributed by atoms with Crippen LogP contribution in [0.15, 0.2) is 0 Å². The van der Waals surface area contributed by atoms with Gasteiger partial charge in [-0.15, -0.1) is 0 Å². The minimum Gasteiger partial charge on any atom is -0.330 e. The van der Waals surface area contributed by atoms with Crippen LogP contribution < -0.4 is 5.73 Å². The van der Waals surface area contributed by atoms with Crippen molar-refractivity contribution in [3.05, 3.63) is 0 Å². The second-order valence-corrected chi connectivity index (χ2v) is 3.14. The van der Waals surface area contributed by atoms with Gasteiger partial charge in [0.2, 0.25) is 0 Å². The van der Waals surface area contributed by atoms with Crippen molar-refractivity contribution in [1.82, 2.24) is 0 Å². The molecule has 48 valence electrons. The maximum absolute atomic E-state index is 5.46. The molecule has 0 unspecified atom stereocenters. The highest BCUT2D eigenvalue weighted by Gasteiger charge is 2.37. The largest absolute Gasteiger partial charge is 0.330 e. The molecule has 2 N–H and O–H groups in total. The van der Waals surface area contributed by atoms with Gasteiger partial charge in [0.05, 0.1) is 0 Å². The lowest BCUT2D eigenvalue weighted by Gasteiger charge is -1.98. The standard InChI is InChI=1S/C7H15N/c1-5(2)7-3-6(7)4-8/h5-7H,3-4,8H2,1-2H3/t6-,7+/m1/s1. The fraction of sp³-hybridized carbons (Fsp3) is 1.00. The second kappa shape index (κ2) is 2.06. The van der Waals surface area contributed by atoms with Crippen molar-refractivity contribution in [1.29, 1.82) is 0 Å². The van der Waals surface area contributed by atoms with Crippen molar-refractivity contribution < 1.29 is 0 Å². The quantitative estimate of drug-likeness (QED) is 0.573. The van der Waals surface area contributed by atoms with Crippen LogP contribution in [0, 0.1) is 17.8 Å². The van der Waals surface area contributed by atoms with E-state index in [0.717, 1.165) is 24.3 Å². The molecule has 0 aromatic heterocycles. The molecule has 0 aromatic rings.